The Morgan fingerprint density at radius 3 is 2.54 bits per heavy atom. The molecule has 1 saturated heterocycles. The zero-order valence-corrected chi connectivity index (χ0v) is 16.8. The number of benzene rings is 1. The summed E-state index contributed by atoms with van der Waals surface area (Å²) >= 11 is 0. The van der Waals surface area contributed by atoms with Crippen LogP contribution in [0.4, 0.5) is 11.4 Å². The standard InChI is InChI=1S/C21H28N4O3/c1-4-24-9-11-25(12-10-24)18-8-7-17(14-16(18)2)22-20(26)15-23(3)21(27)19-6-5-13-28-19/h5-8,13-14H,4,9-12,15H2,1-3H3,(H,22,26). The molecule has 0 spiro atoms. The first kappa shape index (κ1) is 19.9. The van der Waals surface area contributed by atoms with Crippen molar-refractivity contribution in [1.29, 1.82) is 0 Å². The van der Waals surface area contributed by atoms with E-state index >= 15 is 0 Å². The summed E-state index contributed by atoms with van der Waals surface area (Å²) in [7, 11) is 1.58. The summed E-state index contributed by atoms with van der Waals surface area (Å²) in [5.74, 6) is -0.345. The van der Waals surface area contributed by atoms with Crippen LogP contribution < -0.4 is 10.2 Å². The molecular weight excluding hydrogens is 356 g/mol. The van der Waals surface area contributed by atoms with Gasteiger partial charge in [0.1, 0.15) is 0 Å². The first-order valence-corrected chi connectivity index (χ1v) is 9.64. The molecule has 28 heavy (non-hydrogen) atoms. The molecule has 1 aliphatic rings. The second-order valence-electron chi connectivity index (χ2n) is 7.11. The first-order chi connectivity index (χ1) is 13.5. The molecule has 0 aliphatic carbocycles. The number of aryl methyl sites for hydroxylation is 1. The van der Waals surface area contributed by atoms with Crippen molar-refractivity contribution in [2.45, 2.75) is 13.8 Å². The van der Waals surface area contributed by atoms with Crippen molar-refractivity contribution in [1.82, 2.24) is 9.80 Å². The minimum atomic E-state index is -0.321. The van der Waals surface area contributed by atoms with E-state index in [0.29, 0.717) is 0 Å². The highest BCUT2D eigenvalue weighted by Gasteiger charge is 2.19. The lowest BCUT2D eigenvalue weighted by Gasteiger charge is -2.36. The Morgan fingerprint density at radius 2 is 1.93 bits per heavy atom. The van der Waals surface area contributed by atoms with Gasteiger partial charge in [-0.2, -0.15) is 0 Å². The second kappa shape index (κ2) is 8.93. The van der Waals surface area contributed by atoms with E-state index in [1.165, 1.54) is 16.9 Å². The summed E-state index contributed by atoms with van der Waals surface area (Å²) < 4.78 is 5.09. The highest BCUT2D eigenvalue weighted by atomic mass is 16.3. The predicted octanol–water partition coefficient (Wildman–Crippen LogP) is 2.44. The van der Waals surface area contributed by atoms with Crippen LogP contribution in [0.3, 0.4) is 0 Å². The highest BCUT2D eigenvalue weighted by Crippen LogP contribution is 2.24. The monoisotopic (exact) mass is 384 g/mol. The van der Waals surface area contributed by atoms with Gasteiger partial charge in [-0.3, -0.25) is 9.59 Å². The molecule has 2 heterocycles. The van der Waals surface area contributed by atoms with E-state index in [9.17, 15) is 9.59 Å². The van der Waals surface area contributed by atoms with E-state index in [1.54, 1.807) is 19.2 Å². The van der Waals surface area contributed by atoms with Crippen LogP contribution in [0.25, 0.3) is 0 Å². The number of amides is 2. The van der Waals surface area contributed by atoms with E-state index in [0.717, 1.165) is 44.0 Å². The largest absolute Gasteiger partial charge is 0.459 e. The number of hydrogen-bond acceptors (Lipinski definition) is 5. The van der Waals surface area contributed by atoms with Crippen LogP contribution in [0.5, 0.6) is 0 Å². The number of carbonyl (C=O) groups is 2. The molecule has 3 rings (SSSR count). The molecular formula is C21H28N4O3. The number of furan rings is 1. The first-order valence-electron chi connectivity index (χ1n) is 9.64. The van der Waals surface area contributed by atoms with E-state index in [2.05, 4.69) is 35.0 Å². The van der Waals surface area contributed by atoms with Crippen molar-refractivity contribution in [3.63, 3.8) is 0 Å². The van der Waals surface area contributed by atoms with Gasteiger partial charge in [0.25, 0.3) is 5.91 Å². The van der Waals surface area contributed by atoms with Crippen LogP contribution in [-0.2, 0) is 4.79 Å². The van der Waals surface area contributed by atoms with Crippen molar-refractivity contribution in [3.05, 3.63) is 47.9 Å². The third-order valence-electron chi connectivity index (χ3n) is 5.10. The van der Waals surface area contributed by atoms with Gasteiger partial charge in [-0.25, -0.2) is 0 Å². The van der Waals surface area contributed by atoms with E-state index in [4.69, 9.17) is 4.42 Å². The molecule has 0 unspecified atom stereocenters. The normalized spacial score (nSPS) is 14.8. The van der Waals surface area contributed by atoms with Crippen molar-refractivity contribution in [2.24, 2.45) is 0 Å². The molecule has 1 aliphatic heterocycles. The maximum atomic E-state index is 12.3. The van der Waals surface area contributed by atoms with Gasteiger partial charge >= 0.3 is 0 Å². The van der Waals surface area contributed by atoms with Gasteiger partial charge in [0.05, 0.1) is 12.8 Å². The van der Waals surface area contributed by atoms with Crippen molar-refractivity contribution in [2.75, 3.05) is 56.5 Å². The summed E-state index contributed by atoms with van der Waals surface area (Å²) in [5, 5.41) is 2.87. The Labute approximate surface area is 165 Å². The van der Waals surface area contributed by atoms with E-state index in [-0.39, 0.29) is 24.1 Å². The highest BCUT2D eigenvalue weighted by molar-refractivity contribution is 5.98. The SMILES string of the molecule is CCN1CCN(c2ccc(NC(=O)CN(C)C(=O)c3ccco3)cc2C)CC1. The predicted molar refractivity (Wildman–Crippen MR) is 110 cm³/mol. The second-order valence-corrected chi connectivity index (χ2v) is 7.11. The van der Waals surface area contributed by atoms with Gasteiger partial charge in [0.15, 0.2) is 5.76 Å². The Hall–Kier alpha value is -2.80. The number of rotatable bonds is 6. The fourth-order valence-electron chi connectivity index (χ4n) is 3.47. The lowest BCUT2D eigenvalue weighted by Crippen LogP contribution is -2.46. The molecule has 150 valence electrons. The molecule has 2 aromatic rings. The van der Waals surface area contributed by atoms with Gasteiger partial charge in [-0.1, -0.05) is 6.92 Å². The Bertz CT molecular complexity index is 811. The zero-order chi connectivity index (χ0) is 20.1. The molecule has 2 amide bonds. The summed E-state index contributed by atoms with van der Waals surface area (Å²) in [6, 6.07) is 9.19. The van der Waals surface area contributed by atoms with Crippen molar-refractivity contribution >= 4 is 23.2 Å². The third kappa shape index (κ3) is 4.72. The molecule has 0 atom stereocenters. The van der Waals surface area contributed by atoms with Crippen LogP contribution in [0, 0.1) is 6.92 Å². The Kier molecular flexibility index (Phi) is 6.36. The summed E-state index contributed by atoms with van der Waals surface area (Å²) in [5.41, 5.74) is 3.07. The van der Waals surface area contributed by atoms with Crippen LogP contribution in [0.15, 0.2) is 41.0 Å². The number of likely N-dealkylation sites (N-methyl/N-ethyl adjacent to an activating group) is 2. The third-order valence-corrected chi connectivity index (χ3v) is 5.10. The minimum absolute atomic E-state index is 0.0424. The Balaban J connectivity index is 1.56. The number of anilines is 2. The minimum Gasteiger partial charge on any atom is -0.459 e. The molecule has 1 fully saturated rings. The van der Waals surface area contributed by atoms with Gasteiger partial charge < -0.3 is 24.4 Å². The lowest BCUT2D eigenvalue weighted by molar-refractivity contribution is -0.116. The zero-order valence-electron chi connectivity index (χ0n) is 16.8. The smallest absolute Gasteiger partial charge is 0.289 e. The molecule has 1 aromatic carbocycles. The van der Waals surface area contributed by atoms with Crippen LogP contribution in [-0.4, -0.2) is 67.9 Å². The molecule has 7 heteroatoms. The molecule has 0 radical (unpaired) electrons. The number of piperazine rings is 1. The molecule has 1 N–H and O–H groups in total. The number of nitrogens with zero attached hydrogens (tertiary/aromatic N) is 3. The van der Waals surface area contributed by atoms with Gasteiger partial charge in [-0.05, 0) is 49.4 Å². The van der Waals surface area contributed by atoms with Crippen LogP contribution in [0.2, 0.25) is 0 Å². The maximum Gasteiger partial charge on any atom is 0.289 e. The van der Waals surface area contributed by atoms with Crippen molar-refractivity contribution < 1.29 is 14.0 Å². The molecule has 1 aromatic heterocycles. The summed E-state index contributed by atoms with van der Waals surface area (Å²) in [4.78, 5) is 30.6. The lowest BCUT2D eigenvalue weighted by atomic mass is 10.1. The fraction of sp³-hybridized carbons (Fsp3) is 0.429. The van der Waals surface area contributed by atoms with Gasteiger partial charge in [-0.15, -0.1) is 0 Å². The summed E-state index contributed by atoms with van der Waals surface area (Å²) in [6.07, 6.45) is 1.44. The maximum absolute atomic E-state index is 12.3. The van der Waals surface area contributed by atoms with E-state index in [1.807, 2.05) is 12.1 Å². The van der Waals surface area contributed by atoms with E-state index < -0.39 is 0 Å². The van der Waals surface area contributed by atoms with Crippen molar-refractivity contribution in [3.8, 4) is 0 Å². The summed E-state index contributed by atoms with van der Waals surface area (Å²) in [6.45, 7) is 9.48. The Morgan fingerprint density at radius 1 is 1.18 bits per heavy atom. The van der Waals surface area contributed by atoms with Crippen LogP contribution >= 0.6 is 0 Å². The quantitative estimate of drug-likeness (QED) is 0.829. The molecule has 0 bridgehead atoms. The topological polar surface area (TPSA) is 69.0 Å². The van der Waals surface area contributed by atoms with Gasteiger partial charge in [0, 0.05) is 44.6 Å². The number of nitrogens with one attached hydrogen (secondary N) is 1. The number of hydrogen-bond donors (Lipinski definition) is 1. The average Bonchev–Trinajstić information content (AvgIpc) is 3.22. The van der Waals surface area contributed by atoms with Crippen LogP contribution in [0.1, 0.15) is 23.0 Å². The molecule has 0 saturated carbocycles. The molecule has 7 nitrogen and oxygen atoms in total. The average molecular weight is 384 g/mol. The fourth-order valence-corrected chi connectivity index (χ4v) is 3.47. The number of carbonyl (C=O) groups excluding carboxylic acids is 2. The van der Waals surface area contributed by atoms with Gasteiger partial charge in [0.2, 0.25) is 5.91 Å².